The van der Waals surface area contributed by atoms with Crippen LogP contribution in [-0.4, -0.2) is 29.4 Å². The van der Waals surface area contributed by atoms with Gasteiger partial charge in [0.15, 0.2) is 0 Å². The van der Waals surface area contributed by atoms with Crippen LogP contribution < -0.4 is 4.31 Å². The molecule has 3 aromatic rings. The monoisotopic (exact) mass is 412 g/mol. The zero-order valence-corrected chi connectivity index (χ0v) is 15.4. The number of hydrogen-bond donors (Lipinski definition) is 0. The molecular formula is C17H15F3N4O3S. The molecule has 0 N–H and O–H groups in total. The highest BCUT2D eigenvalue weighted by Crippen LogP contribution is 2.30. The summed E-state index contributed by atoms with van der Waals surface area (Å²) in [6.07, 6.45) is -3.48. The van der Waals surface area contributed by atoms with E-state index in [2.05, 4.69) is 19.6 Å². The third-order valence-electron chi connectivity index (χ3n) is 3.79. The maximum Gasteiger partial charge on any atom is 0.470 e. The van der Waals surface area contributed by atoms with Gasteiger partial charge >= 0.3 is 12.1 Å². The first-order valence-electron chi connectivity index (χ1n) is 8.12. The van der Waals surface area contributed by atoms with Crippen molar-refractivity contribution in [3.63, 3.8) is 0 Å². The zero-order valence-electron chi connectivity index (χ0n) is 14.6. The van der Waals surface area contributed by atoms with Crippen molar-refractivity contribution in [2.75, 3.05) is 10.1 Å². The second-order valence-corrected chi connectivity index (χ2v) is 7.87. The third-order valence-corrected chi connectivity index (χ3v) is 5.53. The van der Waals surface area contributed by atoms with Gasteiger partial charge in [-0.1, -0.05) is 18.2 Å². The van der Waals surface area contributed by atoms with Crippen LogP contribution in [0.1, 0.15) is 18.5 Å². The second-order valence-electron chi connectivity index (χ2n) is 5.69. The summed E-state index contributed by atoms with van der Waals surface area (Å²) < 4.78 is 68.4. The summed E-state index contributed by atoms with van der Waals surface area (Å²) in [6.45, 7) is 1.51. The molecule has 11 heteroatoms. The molecule has 0 spiro atoms. The van der Waals surface area contributed by atoms with Crippen molar-refractivity contribution in [1.29, 1.82) is 0 Å². The number of hydrogen-bond acceptors (Lipinski definition) is 6. The summed E-state index contributed by atoms with van der Waals surface area (Å²) in [7, 11) is -3.56. The highest BCUT2D eigenvalue weighted by Gasteiger charge is 2.38. The lowest BCUT2D eigenvalue weighted by Crippen LogP contribution is -2.32. The van der Waals surface area contributed by atoms with Gasteiger partial charge in [-0.25, -0.2) is 8.42 Å². The summed E-state index contributed by atoms with van der Waals surface area (Å²) in [6, 6.07) is 11.5. The molecule has 0 unspecified atom stereocenters. The fraction of sp³-hybridized carbons (Fsp3) is 0.235. The molecule has 0 amide bonds. The van der Waals surface area contributed by atoms with Crippen LogP contribution in [-0.2, 0) is 22.7 Å². The Labute approximate surface area is 158 Å². The lowest BCUT2D eigenvalue weighted by atomic mass is 10.2. The molecule has 0 fully saturated rings. The van der Waals surface area contributed by atoms with E-state index in [1.54, 1.807) is 30.3 Å². The van der Waals surface area contributed by atoms with Crippen LogP contribution in [0, 0.1) is 0 Å². The minimum atomic E-state index is -4.73. The maximum atomic E-state index is 12.6. The number of pyridine rings is 1. The van der Waals surface area contributed by atoms with E-state index >= 15 is 0 Å². The van der Waals surface area contributed by atoms with Crippen molar-refractivity contribution < 1.29 is 26.0 Å². The average molecular weight is 412 g/mol. The Hall–Kier alpha value is -2.95. The van der Waals surface area contributed by atoms with Gasteiger partial charge in [0.2, 0.25) is 15.9 Å². The SMILES string of the molecule is CCS(=O)(=O)N(Cc1ccc(-c2nnc(C(F)(F)F)o2)cn1)c1ccccc1. The average Bonchev–Trinajstić information content (AvgIpc) is 3.18. The van der Waals surface area contributed by atoms with Crippen LogP contribution in [0.3, 0.4) is 0 Å². The Bertz CT molecular complexity index is 1040. The Morgan fingerprint density at radius 2 is 1.79 bits per heavy atom. The van der Waals surface area contributed by atoms with Crippen molar-refractivity contribution in [3.05, 3.63) is 60.2 Å². The molecule has 0 radical (unpaired) electrons. The van der Waals surface area contributed by atoms with Gasteiger partial charge in [0.05, 0.1) is 29.2 Å². The number of alkyl halides is 3. The zero-order chi connectivity index (χ0) is 20.4. The van der Waals surface area contributed by atoms with E-state index in [0.717, 1.165) is 0 Å². The quantitative estimate of drug-likeness (QED) is 0.616. The normalized spacial score (nSPS) is 12.1. The maximum absolute atomic E-state index is 12.6. The number of nitrogens with zero attached hydrogens (tertiary/aromatic N) is 4. The number of para-hydroxylation sites is 1. The van der Waals surface area contributed by atoms with E-state index in [-0.39, 0.29) is 23.8 Å². The minimum absolute atomic E-state index is 0.0297. The highest BCUT2D eigenvalue weighted by molar-refractivity contribution is 7.92. The molecular weight excluding hydrogens is 397 g/mol. The predicted molar refractivity (Wildman–Crippen MR) is 94.6 cm³/mol. The number of sulfonamides is 1. The van der Waals surface area contributed by atoms with Gasteiger partial charge in [-0.05, 0) is 31.2 Å². The highest BCUT2D eigenvalue weighted by atomic mass is 32.2. The van der Waals surface area contributed by atoms with E-state index in [1.807, 2.05) is 0 Å². The van der Waals surface area contributed by atoms with E-state index in [9.17, 15) is 21.6 Å². The molecule has 28 heavy (non-hydrogen) atoms. The molecule has 2 heterocycles. The van der Waals surface area contributed by atoms with Crippen LogP contribution in [0.15, 0.2) is 53.1 Å². The number of halogens is 3. The molecule has 3 rings (SSSR count). The second kappa shape index (κ2) is 7.58. The standard InChI is InChI=1S/C17H15F3N4O3S/c1-2-28(25,26)24(14-6-4-3-5-7-14)11-13-9-8-12(10-21-13)15-22-23-16(27-15)17(18,19)20/h3-10H,2,11H2,1H3. The van der Waals surface area contributed by atoms with Gasteiger partial charge in [-0.15, -0.1) is 10.2 Å². The topological polar surface area (TPSA) is 89.2 Å². The smallest absolute Gasteiger partial charge is 0.413 e. The van der Waals surface area contributed by atoms with Crippen molar-refractivity contribution in [3.8, 4) is 11.5 Å². The lowest BCUT2D eigenvalue weighted by Gasteiger charge is -2.23. The summed E-state index contributed by atoms with van der Waals surface area (Å²) in [5.41, 5.74) is 1.08. The molecule has 2 aromatic heterocycles. The Morgan fingerprint density at radius 1 is 1.07 bits per heavy atom. The Balaban J connectivity index is 1.85. The third kappa shape index (κ3) is 4.30. The Kier molecular flexibility index (Phi) is 5.36. The van der Waals surface area contributed by atoms with E-state index < -0.39 is 22.1 Å². The van der Waals surface area contributed by atoms with Crippen LogP contribution >= 0.6 is 0 Å². The van der Waals surface area contributed by atoms with Gasteiger partial charge in [0.25, 0.3) is 0 Å². The molecule has 0 saturated carbocycles. The van der Waals surface area contributed by atoms with Gasteiger partial charge in [0, 0.05) is 6.20 Å². The van der Waals surface area contributed by atoms with Crippen molar-refractivity contribution in [2.45, 2.75) is 19.6 Å². The van der Waals surface area contributed by atoms with Crippen molar-refractivity contribution >= 4 is 15.7 Å². The molecule has 0 aliphatic carbocycles. The van der Waals surface area contributed by atoms with Gasteiger partial charge in [-0.2, -0.15) is 13.2 Å². The number of benzene rings is 1. The van der Waals surface area contributed by atoms with Crippen LogP contribution in [0.25, 0.3) is 11.5 Å². The first-order chi connectivity index (χ1) is 13.2. The number of aromatic nitrogens is 3. The van der Waals surface area contributed by atoms with Crippen LogP contribution in [0.5, 0.6) is 0 Å². The molecule has 0 bridgehead atoms. The first-order valence-corrected chi connectivity index (χ1v) is 9.73. The minimum Gasteiger partial charge on any atom is -0.413 e. The molecule has 0 atom stereocenters. The summed E-state index contributed by atoms with van der Waals surface area (Å²) in [4.78, 5) is 4.12. The number of rotatable bonds is 6. The van der Waals surface area contributed by atoms with Gasteiger partial charge in [-0.3, -0.25) is 9.29 Å². The first kappa shape index (κ1) is 19.8. The summed E-state index contributed by atoms with van der Waals surface area (Å²) in [5.74, 6) is -1.87. The fourth-order valence-electron chi connectivity index (χ4n) is 2.35. The molecule has 148 valence electrons. The van der Waals surface area contributed by atoms with E-state index in [0.29, 0.717) is 11.4 Å². The summed E-state index contributed by atoms with van der Waals surface area (Å²) >= 11 is 0. The molecule has 0 saturated heterocycles. The molecule has 7 nitrogen and oxygen atoms in total. The van der Waals surface area contributed by atoms with E-state index in [4.69, 9.17) is 0 Å². The van der Waals surface area contributed by atoms with Gasteiger partial charge in [0.1, 0.15) is 0 Å². The molecule has 0 aliphatic heterocycles. The largest absolute Gasteiger partial charge is 0.470 e. The van der Waals surface area contributed by atoms with Crippen molar-refractivity contribution in [1.82, 2.24) is 15.2 Å². The Morgan fingerprint density at radius 3 is 2.32 bits per heavy atom. The van der Waals surface area contributed by atoms with Crippen LogP contribution in [0.2, 0.25) is 0 Å². The fourth-order valence-corrected chi connectivity index (χ4v) is 3.43. The number of anilines is 1. The predicted octanol–water partition coefficient (Wildman–Crippen LogP) is 3.51. The van der Waals surface area contributed by atoms with Gasteiger partial charge < -0.3 is 4.42 Å². The molecule has 1 aromatic carbocycles. The summed E-state index contributed by atoms with van der Waals surface area (Å²) in [5, 5.41) is 6.32. The van der Waals surface area contributed by atoms with E-state index in [1.165, 1.54) is 29.6 Å². The molecule has 0 aliphatic rings. The van der Waals surface area contributed by atoms with Crippen molar-refractivity contribution in [2.24, 2.45) is 0 Å². The lowest BCUT2D eigenvalue weighted by molar-refractivity contribution is -0.156. The van der Waals surface area contributed by atoms with Crippen LogP contribution in [0.4, 0.5) is 18.9 Å².